The maximum atomic E-state index is 10.2. The molecule has 6 nitrogen and oxygen atoms in total. The third-order valence-electron chi connectivity index (χ3n) is 0.821. The van der Waals surface area contributed by atoms with Gasteiger partial charge in [0.1, 0.15) is 6.08 Å². The molecule has 0 saturated carbocycles. The second kappa shape index (κ2) is 5.00. The highest BCUT2D eigenvalue weighted by molar-refractivity contribution is 6.56. The molecule has 72 valence electrons. The zero-order chi connectivity index (χ0) is 10.6. The second-order valence-corrected chi connectivity index (χ2v) is 2.96. The van der Waals surface area contributed by atoms with Crippen LogP contribution in [0.4, 0.5) is 0 Å². The molecule has 13 heavy (non-hydrogen) atoms. The third kappa shape index (κ3) is 4.07. The monoisotopic (exact) mass is 246 g/mol. The molecular weight excluding hydrogens is 246 g/mol. The van der Waals surface area contributed by atoms with Crippen molar-refractivity contribution in [2.24, 2.45) is 0 Å². The number of nitrogens with zero attached hydrogens (tertiary/aromatic N) is 2. The van der Waals surface area contributed by atoms with Crippen LogP contribution in [0, 0.1) is 20.2 Å². The molecule has 0 aliphatic carbocycles. The maximum Gasteiger partial charge on any atom is 0.344 e. The van der Waals surface area contributed by atoms with E-state index in [4.69, 9.17) is 34.8 Å². The van der Waals surface area contributed by atoms with Crippen LogP contribution in [0.15, 0.2) is 21.4 Å². The molecule has 0 N–H and O–H groups in total. The van der Waals surface area contributed by atoms with Crippen LogP contribution < -0.4 is 0 Å². The molecule has 0 aromatic rings. The molecule has 0 aromatic carbocycles. The Labute approximate surface area is 86.7 Å². The minimum atomic E-state index is -1.01. The Balaban J connectivity index is 5.06. The first-order valence-corrected chi connectivity index (χ1v) is 3.71. The summed E-state index contributed by atoms with van der Waals surface area (Å²) in [6, 6.07) is 0. The number of halogens is 3. The lowest BCUT2D eigenvalue weighted by molar-refractivity contribution is -0.427. The van der Waals surface area contributed by atoms with Crippen molar-refractivity contribution >= 4 is 34.8 Å². The van der Waals surface area contributed by atoms with Crippen molar-refractivity contribution in [3.8, 4) is 0 Å². The summed E-state index contributed by atoms with van der Waals surface area (Å²) in [5, 5.41) is 19.2. The van der Waals surface area contributed by atoms with Gasteiger partial charge in [-0.1, -0.05) is 23.2 Å². The van der Waals surface area contributed by atoms with E-state index in [9.17, 15) is 20.2 Å². The lowest BCUT2D eigenvalue weighted by atomic mass is 10.5. The number of hydrogen-bond acceptors (Lipinski definition) is 4. The van der Waals surface area contributed by atoms with Crippen molar-refractivity contribution in [3.05, 3.63) is 41.6 Å². The Morgan fingerprint density at radius 3 is 1.77 bits per heavy atom. The lowest BCUT2D eigenvalue weighted by Crippen LogP contribution is -1.99. The highest BCUT2D eigenvalue weighted by Crippen LogP contribution is 2.18. The molecule has 0 heterocycles. The molecule has 9 heteroatoms. The van der Waals surface area contributed by atoms with Gasteiger partial charge < -0.3 is 0 Å². The van der Waals surface area contributed by atoms with Crippen LogP contribution in [0.3, 0.4) is 0 Å². The van der Waals surface area contributed by atoms with Crippen LogP contribution in [0.1, 0.15) is 0 Å². The molecule has 0 aliphatic heterocycles. The van der Waals surface area contributed by atoms with Crippen LogP contribution in [0.2, 0.25) is 0 Å². The maximum absolute atomic E-state index is 10.2. The molecule has 0 atom stereocenters. The fourth-order valence-electron chi connectivity index (χ4n) is 0.342. The summed E-state index contributed by atoms with van der Waals surface area (Å²) in [4.78, 5) is 18.1. The van der Waals surface area contributed by atoms with E-state index in [2.05, 4.69) is 0 Å². The van der Waals surface area contributed by atoms with Gasteiger partial charge in [-0.15, -0.1) is 0 Å². The Hall–Kier alpha value is -0.850. The van der Waals surface area contributed by atoms with E-state index in [1.165, 1.54) is 0 Å². The fraction of sp³-hybridized carbons (Fsp3) is 0. The van der Waals surface area contributed by atoms with Crippen LogP contribution in [-0.4, -0.2) is 9.85 Å². The first-order valence-electron chi connectivity index (χ1n) is 2.57. The van der Waals surface area contributed by atoms with Gasteiger partial charge in [-0.2, -0.15) is 0 Å². The molecule has 0 unspecified atom stereocenters. The zero-order valence-corrected chi connectivity index (χ0v) is 8.01. The van der Waals surface area contributed by atoms with Gasteiger partial charge in [0.25, 0.3) is 0 Å². The summed E-state index contributed by atoms with van der Waals surface area (Å²) in [5.74, 6) is 0. The predicted molar refractivity (Wildman–Crippen MR) is 46.7 cm³/mol. The fourth-order valence-corrected chi connectivity index (χ4v) is 0.692. The van der Waals surface area contributed by atoms with E-state index in [1.54, 1.807) is 0 Å². The molecule has 0 spiro atoms. The Kier molecular flexibility index (Phi) is 4.68. The highest BCUT2D eigenvalue weighted by atomic mass is 35.5. The predicted octanol–water partition coefficient (Wildman–Crippen LogP) is 2.27. The van der Waals surface area contributed by atoms with Crippen molar-refractivity contribution in [3.63, 3.8) is 0 Å². The first kappa shape index (κ1) is 12.2. The van der Waals surface area contributed by atoms with Crippen LogP contribution in [0.5, 0.6) is 0 Å². The number of allylic oxidation sites excluding steroid dienone is 1. The van der Waals surface area contributed by atoms with Gasteiger partial charge in [0, 0.05) is 0 Å². The average molecular weight is 247 g/mol. The summed E-state index contributed by atoms with van der Waals surface area (Å²) in [6.07, 6.45) is 0.455. The molecular formula is C4HCl3N2O4. The summed E-state index contributed by atoms with van der Waals surface area (Å²) in [6.45, 7) is 0. The quantitative estimate of drug-likeness (QED) is 0.331. The molecule has 0 saturated heterocycles. The van der Waals surface area contributed by atoms with Gasteiger partial charge in [-0.05, 0) is 11.6 Å². The number of hydrogen-bond donors (Lipinski definition) is 0. The van der Waals surface area contributed by atoms with Gasteiger partial charge in [0.05, 0.1) is 9.85 Å². The zero-order valence-electron chi connectivity index (χ0n) is 5.74. The molecule has 0 bridgehead atoms. The highest BCUT2D eigenvalue weighted by Gasteiger charge is 2.18. The van der Waals surface area contributed by atoms with E-state index in [0.717, 1.165) is 0 Å². The van der Waals surface area contributed by atoms with Crippen LogP contribution >= 0.6 is 34.8 Å². The second-order valence-electron chi connectivity index (χ2n) is 1.63. The Bertz CT molecular complexity index is 307. The van der Waals surface area contributed by atoms with E-state index in [1.807, 2.05) is 0 Å². The van der Waals surface area contributed by atoms with E-state index < -0.39 is 25.2 Å². The molecule has 0 amide bonds. The van der Waals surface area contributed by atoms with Gasteiger partial charge in [-0.3, -0.25) is 20.2 Å². The standard InChI is InChI=1S/C4HCl3N2O4/c5-3(9(12)13)1-2(4(6)7)8(10)11/h1H/b3-1-. The van der Waals surface area contributed by atoms with Gasteiger partial charge in [-0.25, -0.2) is 0 Å². The van der Waals surface area contributed by atoms with Gasteiger partial charge >= 0.3 is 10.9 Å². The van der Waals surface area contributed by atoms with Crippen molar-refractivity contribution in [2.75, 3.05) is 0 Å². The van der Waals surface area contributed by atoms with E-state index in [-0.39, 0.29) is 0 Å². The van der Waals surface area contributed by atoms with Crippen LogP contribution in [0.25, 0.3) is 0 Å². The smallest absolute Gasteiger partial charge is 0.258 e. The average Bonchev–Trinajstić information content (AvgIpc) is 1.97. The molecule has 0 fully saturated rings. The van der Waals surface area contributed by atoms with Gasteiger partial charge in [0.15, 0.2) is 4.49 Å². The van der Waals surface area contributed by atoms with Crippen molar-refractivity contribution in [2.45, 2.75) is 0 Å². The van der Waals surface area contributed by atoms with Crippen molar-refractivity contribution in [1.29, 1.82) is 0 Å². The topological polar surface area (TPSA) is 86.3 Å². The van der Waals surface area contributed by atoms with E-state index in [0.29, 0.717) is 6.08 Å². The summed E-state index contributed by atoms with van der Waals surface area (Å²) >= 11 is 15.1. The normalized spacial score (nSPS) is 10.8. The number of rotatable bonds is 3. The minimum Gasteiger partial charge on any atom is -0.258 e. The summed E-state index contributed by atoms with van der Waals surface area (Å²) in [5.41, 5.74) is -0.829. The van der Waals surface area contributed by atoms with E-state index >= 15 is 0 Å². The summed E-state index contributed by atoms with van der Waals surface area (Å²) in [7, 11) is 0. The minimum absolute atomic E-state index is 0.455. The molecule has 0 aliphatic rings. The Morgan fingerprint density at radius 1 is 1.08 bits per heavy atom. The Morgan fingerprint density at radius 2 is 1.54 bits per heavy atom. The third-order valence-corrected chi connectivity index (χ3v) is 1.45. The van der Waals surface area contributed by atoms with Crippen molar-refractivity contribution in [1.82, 2.24) is 0 Å². The van der Waals surface area contributed by atoms with Crippen LogP contribution in [-0.2, 0) is 0 Å². The molecule has 0 rings (SSSR count). The summed E-state index contributed by atoms with van der Waals surface area (Å²) < 4.78 is -0.704. The molecule has 0 radical (unpaired) electrons. The largest absolute Gasteiger partial charge is 0.344 e. The van der Waals surface area contributed by atoms with Crippen molar-refractivity contribution < 1.29 is 9.85 Å². The van der Waals surface area contributed by atoms with Gasteiger partial charge in [0.2, 0.25) is 0 Å². The number of nitro groups is 2. The molecule has 0 aromatic heterocycles. The first-order chi connectivity index (χ1) is 5.86. The SMILES string of the molecule is O=[N+]([O-])C(/C=C(/Cl)[N+](=O)[O-])=C(Cl)Cl. The lowest BCUT2D eigenvalue weighted by Gasteiger charge is -1.89.